The number of pyridine rings is 1. The van der Waals surface area contributed by atoms with E-state index in [0.29, 0.717) is 57.5 Å². The fourth-order valence-electron chi connectivity index (χ4n) is 6.95. The molecule has 44 heavy (non-hydrogen) atoms. The van der Waals surface area contributed by atoms with Crippen LogP contribution in [0.3, 0.4) is 0 Å². The van der Waals surface area contributed by atoms with Crippen molar-refractivity contribution in [2.24, 2.45) is 0 Å². The maximum Gasteiger partial charge on any atom is 0.327 e. The number of imidazole rings is 1. The van der Waals surface area contributed by atoms with E-state index in [9.17, 15) is 23.2 Å². The maximum atomic E-state index is 14.9. The molecule has 0 aliphatic carbocycles. The number of rotatable bonds is 4. The molecule has 3 aliphatic rings. The van der Waals surface area contributed by atoms with Crippen molar-refractivity contribution in [2.45, 2.75) is 62.6 Å². The molecule has 11 nitrogen and oxygen atoms in total. The normalized spacial score (nSPS) is 22.3. The Morgan fingerprint density at radius 2 is 1.68 bits per heavy atom. The zero-order valence-electron chi connectivity index (χ0n) is 24.9. The zero-order chi connectivity index (χ0) is 30.8. The molecule has 3 saturated heterocycles. The van der Waals surface area contributed by atoms with Gasteiger partial charge >= 0.3 is 17.8 Å². The molecular weight excluding hydrogens is 572 g/mol. The minimum atomic E-state index is -0.911. The summed E-state index contributed by atoms with van der Waals surface area (Å²) in [5, 5.41) is 3.12. The topological polar surface area (TPSA) is 116 Å². The molecule has 2 aromatic heterocycles. The Kier molecular flexibility index (Phi) is 8.83. The van der Waals surface area contributed by atoms with E-state index in [-0.39, 0.29) is 54.6 Å². The number of urea groups is 2. The van der Waals surface area contributed by atoms with Crippen LogP contribution in [0.2, 0.25) is 0 Å². The third-order valence-corrected chi connectivity index (χ3v) is 9.42. The number of nitrogens with zero attached hydrogens (tertiary/aromatic N) is 5. The van der Waals surface area contributed by atoms with Crippen LogP contribution in [0.1, 0.15) is 56.0 Å². The molecule has 2 N–H and O–H groups in total. The van der Waals surface area contributed by atoms with Crippen molar-refractivity contribution >= 4 is 23.2 Å². The largest absolute Gasteiger partial charge is 0.381 e. The molecule has 0 bridgehead atoms. The Morgan fingerprint density at radius 1 is 0.932 bits per heavy atom. The van der Waals surface area contributed by atoms with Gasteiger partial charge in [-0.3, -0.25) is 9.55 Å². The molecule has 1 aromatic carbocycles. The minimum Gasteiger partial charge on any atom is -0.381 e. The predicted octanol–water partition coefficient (Wildman–Crippen LogP) is 3.83. The fraction of sp³-hybridized carbons (Fsp3) is 0.548. The molecule has 4 amide bonds. The number of aromatic nitrogens is 3. The van der Waals surface area contributed by atoms with Crippen LogP contribution in [0.15, 0.2) is 41.3 Å². The zero-order valence-corrected chi connectivity index (χ0v) is 24.9. The van der Waals surface area contributed by atoms with E-state index in [4.69, 9.17) is 4.74 Å². The highest BCUT2D eigenvalue weighted by atomic mass is 19.2. The number of likely N-dealkylation sites (tertiary alicyclic amines) is 3. The Morgan fingerprint density at radius 3 is 2.43 bits per heavy atom. The molecule has 0 spiro atoms. The maximum absolute atomic E-state index is 14.9. The van der Waals surface area contributed by atoms with Crippen molar-refractivity contribution in [3.8, 4) is 0 Å². The van der Waals surface area contributed by atoms with Gasteiger partial charge in [0.2, 0.25) is 0 Å². The first-order chi connectivity index (χ1) is 21.3. The second-order valence-corrected chi connectivity index (χ2v) is 12.1. The number of methoxy groups -OCH3 is 1. The van der Waals surface area contributed by atoms with Gasteiger partial charge in [-0.05, 0) is 62.3 Å². The average Bonchev–Trinajstić information content (AvgIpc) is 3.24. The number of carbonyl (C=O) groups is 2. The van der Waals surface area contributed by atoms with Gasteiger partial charge < -0.3 is 24.8 Å². The number of halogens is 2. The van der Waals surface area contributed by atoms with Crippen molar-refractivity contribution in [3.05, 3.63) is 64.2 Å². The Labute approximate surface area is 254 Å². The fourth-order valence-corrected chi connectivity index (χ4v) is 6.95. The Hall–Kier alpha value is -4.00. The number of amides is 4. The van der Waals surface area contributed by atoms with Crippen molar-refractivity contribution in [2.75, 3.05) is 46.4 Å². The summed E-state index contributed by atoms with van der Waals surface area (Å²) in [6.07, 6.45) is 5.43. The van der Waals surface area contributed by atoms with Gasteiger partial charge in [-0.1, -0.05) is 12.1 Å². The van der Waals surface area contributed by atoms with Gasteiger partial charge in [0.1, 0.15) is 0 Å². The second kappa shape index (κ2) is 12.9. The summed E-state index contributed by atoms with van der Waals surface area (Å²) in [6, 6.07) is 7.01. The van der Waals surface area contributed by atoms with Gasteiger partial charge in [0.25, 0.3) is 0 Å². The van der Waals surface area contributed by atoms with Gasteiger partial charge in [0.05, 0.1) is 11.6 Å². The lowest BCUT2D eigenvalue weighted by atomic mass is 9.93. The van der Waals surface area contributed by atoms with Crippen LogP contribution in [0.4, 0.5) is 18.4 Å². The van der Waals surface area contributed by atoms with Crippen LogP contribution in [0.25, 0.3) is 11.2 Å². The van der Waals surface area contributed by atoms with Gasteiger partial charge in [-0.25, -0.2) is 28.1 Å². The predicted molar refractivity (Wildman–Crippen MR) is 159 cm³/mol. The lowest BCUT2D eigenvalue weighted by Gasteiger charge is -2.37. The van der Waals surface area contributed by atoms with Crippen molar-refractivity contribution in [1.29, 1.82) is 0 Å². The number of H-pyrrole nitrogens is 1. The highest BCUT2D eigenvalue weighted by Crippen LogP contribution is 2.31. The monoisotopic (exact) mass is 611 g/mol. The average molecular weight is 612 g/mol. The minimum absolute atomic E-state index is 0.0559. The number of aromatic amines is 1. The Bertz CT molecular complexity index is 1550. The molecule has 6 rings (SSSR count). The molecule has 2 atom stereocenters. The van der Waals surface area contributed by atoms with Crippen LogP contribution in [0.5, 0.6) is 0 Å². The van der Waals surface area contributed by atoms with Crippen LogP contribution in [-0.2, 0) is 4.74 Å². The van der Waals surface area contributed by atoms with Gasteiger partial charge in [-0.15, -0.1) is 0 Å². The summed E-state index contributed by atoms with van der Waals surface area (Å²) in [6.45, 7) is 2.54. The summed E-state index contributed by atoms with van der Waals surface area (Å²) < 4.78 is 36.2. The molecule has 0 saturated carbocycles. The molecular formula is C31H39F2N7O4. The smallest absolute Gasteiger partial charge is 0.327 e. The first kappa shape index (κ1) is 30.0. The van der Waals surface area contributed by atoms with Crippen LogP contribution < -0.4 is 11.0 Å². The molecule has 5 heterocycles. The lowest BCUT2D eigenvalue weighted by molar-refractivity contribution is 0.0441. The molecule has 0 radical (unpaired) electrons. The first-order valence-corrected chi connectivity index (χ1v) is 15.4. The van der Waals surface area contributed by atoms with Crippen LogP contribution >= 0.6 is 0 Å². The van der Waals surface area contributed by atoms with Crippen molar-refractivity contribution in [1.82, 2.24) is 34.6 Å². The Balaban J connectivity index is 1.13. The van der Waals surface area contributed by atoms with Crippen LogP contribution in [0, 0.1) is 11.6 Å². The summed E-state index contributed by atoms with van der Waals surface area (Å²) in [5.74, 6) is -2.21. The first-order valence-electron chi connectivity index (χ1n) is 15.4. The summed E-state index contributed by atoms with van der Waals surface area (Å²) in [7, 11) is 1.67. The number of hydrogen-bond donors (Lipinski definition) is 2. The number of ether oxygens (including phenoxy) is 1. The summed E-state index contributed by atoms with van der Waals surface area (Å²) in [4.78, 5) is 52.0. The van der Waals surface area contributed by atoms with Gasteiger partial charge in [0, 0.05) is 70.6 Å². The lowest BCUT2D eigenvalue weighted by Crippen LogP contribution is -2.54. The molecule has 3 aromatic rings. The van der Waals surface area contributed by atoms with E-state index >= 15 is 0 Å². The highest BCUT2D eigenvalue weighted by Gasteiger charge is 2.35. The SMILES string of the molecule is COC1CCN(C(=O)N2C[C@H](NC(=O)N3CCC(n4c(=O)[nH]c5ncccc54)CC3)CC[C@@H](c3cccc(F)c3F)C2)CC1. The number of benzene rings is 1. The van der Waals surface area contributed by atoms with E-state index in [0.717, 1.165) is 24.4 Å². The van der Waals surface area contributed by atoms with Gasteiger partial charge in [-0.2, -0.15) is 0 Å². The molecule has 0 unspecified atom stereocenters. The number of fused-ring (bicyclic) bond motifs is 1. The van der Waals surface area contributed by atoms with E-state index in [2.05, 4.69) is 15.3 Å². The third kappa shape index (κ3) is 6.15. The number of carbonyl (C=O) groups excluding carboxylic acids is 2. The van der Waals surface area contributed by atoms with E-state index in [1.807, 2.05) is 6.07 Å². The van der Waals surface area contributed by atoms with E-state index in [1.54, 1.807) is 44.7 Å². The molecule has 236 valence electrons. The highest BCUT2D eigenvalue weighted by molar-refractivity contribution is 5.76. The van der Waals surface area contributed by atoms with E-state index in [1.165, 1.54) is 6.07 Å². The number of hydrogen-bond acceptors (Lipinski definition) is 5. The standard InChI is InChI=1S/C31H39F2N7O4/c1-44-23-11-16-38(17-12-23)31(43)39-18-20(24-4-2-5-25(32)27(24)33)7-8-21(19-39)35-29(41)37-14-9-22(10-15-37)40-26-6-3-13-34-28(26)36-30(40)42/h2-6,13,20-23H,7-12,14-19H2,1H3,(H,35,41)(H,34,36,42)/t20-,21-/m1/s1. The second-order valence-electron chi connectivity index (χ2n) is 12.1. The quantitative estimate of drug-likeness (QED) is 0.466. The van der Waals surface area contributed by atoms with Crippen molar-refractivity contribution < 1.29 is 23.1 Å². The number of nitrogens with one attached hydrogen (secondary N) is 2. The summed E-state index contributed by atoms with van der Waals surface area (Å²) in [5.41, 5.74) is 1.34. The van der Waals surface area contributed by atoms with Crippen molar-refractivity contribution in [3.63, 3.8) is 0 Å². The molecule has 3 aliphatic heterocycles. The summed E-state index contributed by atoms with van der Waals surface area (Å²) >= 11 is 0. The van der Waals surface area contributed by atoms with Crippen LogP contribution in [-0.4, -0.2) is 99.8 Å². The third-order valence-electron chi connectivity index (χ3n) is 9.42. The molecule has 13 heteroatoms. The van der Waals surface area contributed by atoms with E-state index < -0.39 is 17.6 Å². The number of piperidine rings is 2. The van der Waals surface area contributed by atoms with Gasteiger partial charge in [0.15, 0.2) is 17.3 Å². The molecule has 3 fully saturated rings.